The van der Waals surface area contributed by atoms with E-state index in [4.69, 9.17) is 9.47 Å². The molecule has 0 bridgehead atoms. The van der Waals surface area contributed by atoms with Crippen molar-refractivity contribution in [1.82, 2.24) is 0 Å². The summed E-state index contributed by atoms with van der Waals surface area (Å²) in [7, 11) is 0. The third kappa shape index (κ3) is 3.75. The maximum Gasteiger partial charge on any atom is 0.298 e. The first-order chi connectivity index (χ1) is 12.6. The lowest BCUT2D eigenvalue weighted by Gasteiger charge is -2.12. The molecule has 2 aromatic carbocycles. The normalized spacial score (nSPS) is 15.6. The number of carbonyl (C=O) groups excluding carboxylic acids is 2. The average Bonchev–Trinajstić information content (AvgIpc) is 2.92. The van der Waals surface area contributed by atoms with Gasteiger partial charge in [-0.05, 0) is 61.5 Å². The van der Waals surface area contributed by atoms with Gasteiger partial charge in [-0.25, -0.2) is 4.90 Å². The molecule has 0 unspecified atom stereocenters. The van der Waals surface area contributed by atoms with E-state index in [1.165, 1.54) is 4.90 Å². The van der Waals surface area contributed by atoms with Crippen LogP contribution in [0.2, 0.25) is 0 Å². The Morgan fingerprint density at radius 1 is 0.962 bits per heavy atom. The average molecular weight is 369 g/mol. The first-order valence-corrected chi connectivity index (χ1v) is 9.18. The standard InChI is InChI=1S/C20H19NO4S/c1-3-24-16-11-10-14(12-17(16)25-4-2)13-18-19(22)21(20(23)26-18)15-8-6-5-7-9-15/h5-13H,3-4H2,1-2H3/b18-13-. The molecule has 2 aromatic rings. The lowest BCUT2D eigenvalue weighted by molar-refractivity contribution is -0.113. The van der Waals surface area contributed by atoms with Crippen molar-refractivity contribution in [2.24, 2.45) is 0 Å². The fourth-order valence-corrected chi connectivity index (χ4v) is 3.42. The van der Waals surface area contributed by atoms with Gasteiger partial charge < -0.3 is 9.47 Å². The minimum atomic E-state index is -0.321. The predicted molar refractivity (Wildman–Crippen MR) is 104 cm³/mol. The zero-order valence-corrected chi connectivity index (χ0v) is 15.4. The Balaban J connectivity index is 1.89. The van der Waals surface area contributed by atoms with E-state index >= 15 is 0 Å². The van der Waals surface area contributed by atoms with Gasteiger partial charge in [0.25, 0.3) is 11.1 Å². The molecule has 0 atom stereocenters. The van der Waals surface area contributed by atoms with Crippen LogP contribution < -0.4 is 14.4 Å². The monoisotopic (exact) mass is 369 g/mol. The second kappa shape index (κ2) is 8.10. The number of ether oxygens (including phenoxy) is 2. The molecule has 1 saturated heterocycles. The largest absolute Gasteiger partial charge is 0.490 e. The molecule has 1 heterocycles. The highest BCUT2D eigenvalue weighted by Crippen LogP contribution is 2.36. The first kappa shape index (κ1) is 18.1. The number of benzene rings is 2. The zero-order valence-electron chi connectivity index (χ0n) is 14.6. The van der Waals surface area contributed by atoms with E-state index in [0.29, 0.717) is 35.3 Å². The smallest absolute Gasteiger partial charge is 0.298 e. The van der Waals surface area contributed by atoms with E-state index in [1.54, 1.807) is 30.3 Å². The number of rotatable bonds is 6. The predicted octanol–water partition coefficient (Wildman–Crippen LogP) is 4.72. The van der Waals surface area contributed by atoms with Crippen LogP contribution in [-0.2, 0) is 4.79 Å². The van der Waals surface area contributed by atoms with Gasteiger partial charge >= 0.3 is 0 Å². The number of thioether (sulfide) groups is 1. The SMILES string of the molecule is CCOc1ccc(/C=C2\SC(=O)N(c3ccccc3)C2=O)cc1OCC. The molecule has 6 heteroatoms. The van der Waals surface area contributed by atoms with Gasteiger partial charge in [-0.15, -0.1) is 0 Å². The molecule has 0 N–H and O–H groups in total. The molecule has 3 rings (SSSR count). The van der Waals surface area contributed by atoms with Gasteiger partial charge in [-0.1, -0.05) is 24.3 Å². The Morgan fingerprint density at radius 3 is 2.35 bits per heavy atom. The van der Waals surface area contributed by atoms with Gasteiger partial charge in [0.2, 0.25) is 0 Å². The number of amides is 2. The van der Waals surface area contributed by atoms with Crippen molar-refractivity contribution in [3.63, 3.8) is 0 Å². The number of hydrogen-bond acceptors (Lipinski definition) is 5. The minimum Gasteiger partial charge on any atom is -0.490 e. The van der Waals surface area contributed by atoms with Crippen LogP contribution in [0.3, 0.4) is 0 Å². The van der Waals surface area contributed by atoms with E-state index in [0.717, 1.165) is 17.3 Å². The van der Waals surface area contributed by atoms with Crippen molar-refractivity contribution >= 4 is 34.7 Å². The topological polar surface area (TPSA) is 55.8 Å². The molecule has 5 nitrogen and oxygen atoms in total. The van der Waals surface area contributed by atoms with Gasteiger partial charge in [0.1, 0.15) is 0 Å². The van der Waals surface area contributed by atoms with Crippen LogP contribution in [0.4, 0.5) is 10.5 Å². The Bertz CT molecular complexity index is 848. The summed E-state index contributed by atoms with van der Waals surface area (Å²) in [4.78, 5) is 26.5. The van der Waals surface area contributed by atoms with Crippen molar-refractivity contribution < 1.29 is 19.1 Å². The highest BCUT2D eigenvalue weighted by Gasteiger charge is 2.36. The molecule has 26 heavy (non-hydrogen) atoms. The number of para-hydroxylation sites is 1. The molecule has 0 saturated carbocycles. The number of hydrogen-bond donors (Lipinski definition) is 0. The first-order valence-electron chi connectivity index (χ1n) is 8.36. The molecular formula is C20H19NO4S. The summed E-state index contributed by atoms with van der Waals surface area (Å²) < 4.78 is 11.2. The van der Waals surface area contributed by atoms with E-state index in [1.807, 2.05) is 38.1 Å². The summed E-state index contributed by atoms with van der Waals surface area (Å²) in [5.74, 6) is 0.951. The van der Waals surface area contributed by atoms with Gasteiger partial charge in [-0.3, -0.25) is 9.59 Å². The maximum absolute atomic E-state index is 12.7. The maximum atomic E-state index is 12.7. The highest BCUT2D eigenvalue weighted by molar-refractivity contribution is 8.19. The quantitative estimate of drug-likeness (QED) is 0.689. The Hall–Kier alpha value is -2.73. The summed E-state index contributed by atoms with van der Waals surface area (Å²) in [5, 5.41) is -0.302. The van der Waals surface area contributed by atoms with Crippen LogP contribution in [0.5, 0.6) is 11.5 Å². The number of imide groups is 1. The fourth-order valence-electron chi connectivity index (χ4n) is 2.58. The molecule has 1 aliphatic heterocycles. The lowest BCUT2D eigenvalue weighted by Crippen LogP contribution is -2.27. The molecule has 1 fully saturated rings. The minimum absolute atomic E-state index is 0.302. The van der Waals surface area contributed by atoms with E-state index < -0.39 is 0 Å². The number of nitrogens with zero attached hydrogens (tertiary/aromatic N) is 1. The molecular weight excluding hydrogens is 350 g/mol. The fraction of sp³-hybridized carbons (Fsp3) is 0.200. The van der Waals surface area contributed by atoms with Crippen molar-refractivity contribution in [2.45, 2.75) is 13.8 Å². The number of carbonyl (C=O) groups is 2. The van der Waals surface area contributed by atoms with Gasteiger partial charge in [0.15, 0.2) is 11.5 Å². The Labute approximate surface area is 156 Å². The molecule has 134 valence electrons. The van der Waals surface area contributed by atoms with E-state index in [-0.39, 0.29) is 11.1 Å². The third-order valence-corrected chi connectivity index (χ3v) is 4.54. The van der Waals surface area contributed by atoms with E-state index in [2.05, 4.69) is 0 Å². The Morgan fingerprint density at radius 2 is 1.65 bits per heavy atom. The second-order valence-corrected chi connectivity index (χ2v) is 6.42. The van der Waals surface area contributed by atoms with Crippen molar-refractivity contribution in [3.05, 3.63) is 59.0 Å². The van der Waals surface area contributed by atoms with Gasteiger partial charge in [0.05, 0.1) is 23.8 Å². The van der Waals surface area contributed by atoms with Gasteiger partial charge in [0, 0.05) is 0 Å². The Kier molecular flexibility index (Phi) is 5.63. The van der Waals surface area contributed by atoms with Crippen LogP contribution in [0.15, 0.2) is 53.4 Å². The van der Waals surface area contributed by atoms with Crippen LogP contribution in [0.25, 0.3) is 6.08 Å². The van der Waals surface area contributed by atoms with Crippen LogP contribution in [0.1, 0.15) is 19.4 Å². The number of anilines is 1. The highest BCUT2D eigenvalue weighted by atomic mass is 32.2. The zero-order chi connectivity index (χ0) is 18.5. The molecule has 1 aliphatic rings. The van der Waals surface area contributed by atoms with Crippen molar-refractivity contribution in [2.75, 3.05) is 18.1 Å². The third-order valence-electron chi connectivity index (χ3n) is 3.67. The van der Waals surface area contributed by atoms with Crippen LogP contribution in [0, 0.1) is 0 Å². The second-order valence-electron chi connectivity index (χ2n) is 5.42. The molecule has 0 aliphatic carbocycles. The van der Waals surface area contributed by atoms with Crippen molar-refractivity contribution in [3.8, 4) is 11.5 Å². The van der Waals surface area contributed by atoms with E-state index in [9.17, 15) is 9.59 Å². The molecule has 0 spiro atoms. The summed E-state index contributed by atoms with van der Waals surface area (Å²) in [6.07, 6.45) is 1.70. The summed E-state index contributed by atoms with van der Waals surface area (Å²) in [6.45, 7) is 4.85. The lowest BCUT2D eigenvalue weighted by atomic mass is 10.1. The summed E-state index contributed by atoms with van der Waals surface area (Å²) >= 11 is 0.932. The van der Waals surface area contributed by atoms with Gasteiger partial charge in [-0.2, -0.15) is 0 Å². The van der Waals surface area contributed by atoms with Crippen LogP contribution >= 0.6 is 11.8 Å². The summed E-state index contributed by atoms with van der Waals surface area (Å²) in [5.41, 5.74) is 1.34. The molecule has 0 aromatic heterocycles. The summed E-state index contributed by atoms with van der Waals surface area (Å²) in [6, 6.07) is 14.4. The molecule has 2 amide bonds. The van der Waals surface area contributed by atoms with Crippen molar-refractivity contribution in [1.29, 1.82) is 0 Å². The van der Waals surface area contributed by atoms with Crippen LogP contribution in [-0.4, -0.2) is 24.4 Å². The molecule has 0 radical (unpaired) electrons.